The summed E-state index contributed by atoms with van der Waals surface area (Å²) in [5.74, 6) is -0.630. The highest BCUT2D eigenvalue weighted by molar-refractivity contribution is 7.89. The maximum Gasteiger partial charge on any atom is 0.244 e. The Labute approximate surface area is 146 Å². The molecule has 0 saturated carbocycles. The van der Waals surface area contributed by atoms with Crippen molar-refractivity contribution in [1.29, 1.82) is 0 Å². The van der Waals surface area contributed by atoms with Crippen LogP contribution in [0.15, 0.2) is 59.5 Å². The van der Waals surface area contributed by atoms with Gasteiger partial charge in [0.1, 0.15) is 5.82 Å². The van der Waals surface area contributed by atoms with E-state index < -0.39 is 10.0 Å². The first kappa shape index (κ1) is 18.8. The number of carbonyl (C=O) groups is 1. The van der Waals surface area contributed by atoms with Crippen molar-refractivity contribution in [2.24, 2.45) is 0 Å². The number of nitrogens with one attached hydrogen (secondary N) is 2. The van der Waals surface area contributed by atoms with E-state index in [1.807, 2.05) is 0 Å². The van der Waals surface area contributed by atoms with Crippen molar-refractivity contribution >= 4 is 22.0 Å². The molecule has 0 fully saturated rings. The van der Waals surface area contributed by atoms with Crippen molar-refractivity contribution in [2.75, 3.05) is 7.05 Å². The molecule has 1 atom stereocenters. The van der Waals surface area contributed by atoms with Gasteiger partial charge in [0.2, 0.25) is 15.9 Å². The minimum atomic E-state index is -3.48. The zero-order valence-corrected chi connectivity index (χ0v) is 14.7. The van der Waals surface area contributed by atoms with Gasteiger partial charge >= 0.3 is 0 Å². The number of carbonyl (C=O) groups excluding carboxylic acids is 1. The van der Waals surface area contributed by atoms with Gasteiger partial charge in [-0.3, -0.25) is 4.79 Å². The molecular weight excluding hydrogens is 343 g/mol. The van der Waals surface area contributed by atoms with Gasteiger partial charge in [0.15, 0.2) is 0 Å². The lowest BCUT2D eigenvalue weighted by molar-refractivity contribution is -0.117. The Balaban J connectivity index is 1.99. The average Bonchev–Trinajstić information content (AvgIpc) is 2.61. The maximum atomic E-state index is 12.9. The fourth-order valence-corrected chi connectivity index (χ4v) is 2.87. The van der Waals surface area contributed by atoms with Gasteiger partial charge in [-0.1, -0.05) is 24.3 Å². The van der Waals surface area contributed by atoms with Gasteiger partial charge in [-0.25, -0.2) is 17.5 Å². The molecule has 7 heteroatoms. The number of hydrogen-bond acceptors (Lipinski definition) is 3. The molecule has 2 N–H and O–H groups in total. The van der Waals surface area contributed by atoms with Crippen LogP contribution < -0.4 is 10.0 Å². The molecule has 132 valence electrons. The molecule has 0 spiro atoms. The van der Waals surface area contributed by atoms with Gasteiger partial charge in [-0.15, -0.1) is 0 Å². The molecule has 25 heavy (non-hydrogen) atoms. The Morgan fingerprint density at radius 3 is 2.24 bits per heavy atom. The Morgan fingerprint density at radius 2 is 1.68 bits per heavy atom. The van der Waals surface area contributed by atoms with Gasteiger partial charge in [-0.2, -0.15) is 0 Å². The minimum absolute atomic E-state index is 0.154. The number of benzene rings is 2. The molecule has 0 saturated heterocycles. The molecule has 2 aromatic carbocycles. The van der Waals surface area contributed by atoms with Crippen LogP contribution in [0.4, 0.5) is 4.39 Å². The topological polar surface area (TPSA) is 75.3 Å². The summed E-state index contributed by atoms with van der Waals surface area (Å²) in [4.78, 5) is 12.1. The number of hydrogen-bond donors (Lipinski definition) is 2. The average molecular weight is 362 g/mol. The van der Waals surface area contributed by atoms with Crippen molar-refractivity contribution in [3.05, 3.63) is 71.6 Å². The second-order valence-corrected chi connectivity index (χ2v) is 7.28. The predicted octanol–water partition coefficient (Wildman–Crippen LogP) is 2.62. The van der Waals surface area contributed by atoms with E-state index in [2.05, 4.69) is 10.0 Å². The van der Waals surface area contributed by atoms with Crippen molar-refractivity contribution in [2.45, 2.75) is 17.9 Å². The van der Waals surface area contributed by atoms with Gasteiger partial charge in [0.25, 0.3) is 0 Å². The van der Waals surface area contributed by atoms with E-state index in [9.17, 15) is 17.6 Å². The van der Waals surface area contributed by atoms with E-state index in [4.69, 9.17) is 0 Å². The van der Waals surface area contributed by atoms with Crippen LogP contribution >= 0.6 is 0 Å². The third kappa shape index (κ3) is 5.23. The van der Waals surface area contributed by atoms with Crippen LogP contribution in [0.1, 0.15) is 24.1 Å². The molecular formula is C18H19FN2O3S. The summed E-state index contributed by atoms with van der Waals surface area (Å²) in [6.07, 6.45) is 2.95. The lowest BCUT2D eigenvalue weighted by Gasteiger charge is -2.12. The summed E-state index contributed by atoms with van der Waals surface area (Å²) >= 11 is 0. The van der Waals surface area contributed by atoms with Gasteiger partial charge in [-0.05, 0) is 55.4 Å². The lowest BCUT2D eigenvalue weighted by atomic mass is 10.1. The second kappa shape index (κ2) is 8.04. The Kier molecular flexibility index (Phi) is 6.06. The molecule has 5 nitrogen and oxygen atoms in total. The molecule has 1 amide bonds. The summed E-state index contributed by atoms with van der Waals surface area (Å²) in [5, 5.41) is 2.78. The molecule has 0 aliphatic heterocycles. The van der Waals surface area contributed by atoms with Crippen LogP contribution in [0.25, 0.3) is 6.08 Å². The number of sulfonamides is 1. The summed E-state index contributed by atoms with van der Waals surface area (Å²) < 4.78 is 38.4. The van der Waals surface area contributed by atoms with Crippen molar-refractivity contribution in [3.8, 4) is 0 Å². The third-order valence-electron chi connectivity index (χ3n) is 3.62. The van der Waals surface area contributed by atoms with Crippen molar-refractivity contribution < 1.29 is 17.6 Å². The third-order valence-corrected chi connectivity index (χ3v) is 5.05. The highest BCUT2D eigenvalue weighted by Crippen LogP contribution is 2.13. The fourth-order valence-electron chi connectivity index (χ4n) is 2.14. The molecule has 0 heterocycles. The highest BCUT2D eigenvalue weighted by Gasteiger charge is 2.10. The lowest BCUT2D eigenvalue weighted by Crippen LogP contribution is -2.24. The first-order chi connectivity index (χ1) is 11.8. The van der Waals surface area contributed by atoms with Crippen LogP contribution in [-0.4, -0.2) is 21.4 Å². The van der Waals surface area contributed by atoms with Crippen LogP contribution in [0.5, 0.6) is 0 Å². The van der Waals surface area contributed by atoms with Crippen molar-refractivity contribution in [1.82, 2.24) is 10.0 Å². The first-order valence-electron chi connectivity index (χ1n) is 7.59. The largest absolute Gasteiger partial charge is 0.346 e. The molecule has 0 aromatic heterocycles. The van der Waals surface area contributed by atoms with Gasteiger partial charge in [0.05, 0.1) is 10.9 Å². The highest BCUT2D eigenvalue weighted by atomic mass is 32.2. The number of halogens is 1. The van der Waals surface area contributed by atoms with Gasteiger partial charge in [0, 0.05) is 6.08 Å². The number of amides is 1. The molecule has 0 aliphatic rings. The quantitative estimate of drug-likeness (QED) is 0.776. The van der Waals surface area contributed by atoms with E-state index in [0.717, 1.165) is 5.56 Å². The smallest absolute Gasteiger partial charge is 0.244 e. The molecule has 2 aromatic rings. The fraction of sp³-hybridized carbons (Fsp3) is 0.167. The summed E-state index contributed by atoms with van der Waals surface area (Å²) in [5.41, 5.74) is 1.49. The van der Waals surface area contributed by atoms with E-state index in [1.165, 1.54) is 37.4 Å². The van der Waals surface area contributed by atoms with E-state index in [1.54, 1.807) is 37.3 Å². The second-order valence-electron chi connectivity index (χ2n) is 5.39. The van der Waals surface area contributed by atoms with E-state index >= 15 is 0 Å². The molecule has 2 rings (SSSR count). The Hall–Kier alpha value is -2.51. The van der Waals surface area contributed by atoms with Crippen LogP contribution in [0, 0.1) is 5.82 Å². The maximum absolute atomic E-state index is 12.9. The summed E-state index contributed by atoms with van der Waals surface area (Å²) in [7, 11) is -2.13. The number of rotatable bonds is 6. The Bertz CT molecular complexity index is 860. The SMILES string of the molecule is CNS(=O)(=O)c1ccc(/C=C/C(=O)NC(C)c2ccc(F)cc2)cc1. The van der Waals surface area contributed by atoms with Crippen LogP contribution in [0.2, 0.25) is 0 Å². The summed E-state index contributed by atoms with van der Waals surface area (Å²) in [6, 6.07) is 11.8. The van der Waals surface area contributed by atoms with Crippen molar-refractivity contribution in [3.63, 3.8) is 0 Å². The monoisotopic (exact) mass is 362 g/mol. The standard InChI is InChI=1S/C18H19FN2O3S/c1-13(15-6-8-16(19)9-7-15)21-18(22)12-5-14-3-10-17(11-4-14)25(23,24)20-2/h3-13,20H,1-2H3,(H,21,22)/b12-5+. The normalized spacial score (nSPS) is 12.9. The minimum Gasteiger partial charge on any atom is -0.346 e. The molecule has 0 aliphatic carbocycles. The zero-order valence-electron chi connectivity index (χ0n) is 13.9. The van der Waals surface area contributed by atoms with Crippen LogP contribution in [0.3, 0.4) is 0 Å². The van der Waals surface area contributed by atoms with Crippen LogP contribution in [-0.2, 0) is 14.8 Å². The van der Waals surface area contributed by atoms with E-state index in [0.29, 0.717) is 5.56 Å². The first-order valence-corrected chi connectivity index (χ1v) is 9.08. The Morgan fingerprint density at radius 1 is 1.08 bits per heavy atom. The summed E-state index contributed by atoms with van der Waals surface area (Å²) in [6.45, 7) is 1.80. The zero-order chi connectivity index (χ0) is 18.4. The van der Waals surface area contributed by atoms with E-state index in [-0.39, 0.29) is 22.7 Å². The van der Waals surface area contributed by atoms with Gasteiger partial charge < -0.3 is 5.32 Å². The molecule has 1 unspecified atom stereocenters. The predicted molar refractivity (Wildman–Crippen MR) is 94.7 cm³/mol. The molecule has 0 radical (unpaired) electrons. The molecule has 0 bridgehead atoms.